The van der Waals surface area contributed by atoms with Crippen LogP contribution in [0.25, 0.3) is 0 Å². The van der Waals surface area contributed by atoms with Crippen LogP contribution in [0.15, 0.2) is 18.2 Å². The Morgan fingerprint density at radius 3 is 2.71 bits per heavy atom. The fourth-order valence-corrected chi connectivity index (χ4v) is 1.79. The number of aliphatic hydroxyl groups excluding tert-OH is 1. The first-order chi connectivity index (χ1) is 9.83. The summed E-state index contributed by atoms with van der Waals surface area (Å²) in [7, 11) is -3.68. The molecule has 0 unspecified atom stereocenters. The molecule has 1 amide bonds. The molecule has 0 aliphatic carbocycles. The second-order valence-electron chi connectivity index (χ2n) is 4.09. The summed E-state index contributed by atoms with van der Waals surface area (Å²) < 4.78 is 35.2. The van der Waals surface area contributed by atoms with Crippen LogP contribution in [0.2, 0.25) is 0 Å². The van der Waals surface area contributed by atoms with E-state index in [9.17, 15) is 17.6 Å². The first kappa shape index (κ1) is 17.1. The van der Waals surface area contributed by atoms with Gasteiger partial charge < -0.3 is 10.4 Å². The van der Waals surface area contributed by atoms with Gasteiger partial charge in [0.2, 0.25) is 10.0 Å². The Kier molecular flexibility index (Phi) is 6.30. The van der Waals surface area contributed by atoms with E-state index in [0.717, 1.165) is 6.07 Å². The molecular weight excluding hydrogens is 299 g/mol. The summed E-state index contributed by atoms with van der Waals surface area (Å²) in [4.78, 5) is 11.7. The highest BCUT2D eigenvalue weighted by atomic mass is 32.2. The number of amides is 1. The van der Waals surface area contributed by atoms with Crippen LogP contribution < -0.4 is 10.5 Å². The van der Waals surface area contributed by atoms with Gasteiger partial charge in [-0.2, -0.15) is 0 Å². The number of halogens is 1. The van der Waals surface area contributed by atoms with Gasteiger partial charge >= 0.3 is 0 Å². The quantitative estimate of drug-likeness (QED) is 0.641. The van der Waals surface area contributed by atoms with Crippen LogP contribution in [-0.4, -0.2) is 38.3 Å². The van der Waals surface area contributed by atoms with E-state index in [1.54, 1.807) is 0 Å². The predicted octanol–water partition coefficient (Wildman–Crippen LogP) is -0.422. The van der Waals surface area contributed by atoms with Crippen LogP contribution in [0.3, 0.4) is 0 Å². The minimum atomic E-state index is -3.68. The first-order valence-corrected chi connectivity index (χ1v) is 7.73. The lowest BCUT2D eigenvalue weighted by molar-refractivity contribution is 0.0952. The number of aliphatic hydroxyl groups is 1. The average molecular weight is 314 g/mol. The highest BCUT2D eigenvalue weighted by molar-refractivity contribution is 7.89. The molecule has 1 rings (SSSR count). The van der Waals surface area contributed by atoms with E-state index in [1.807, 2.05) is 0 Å². The Hall–Kier alpha value is -1.95. The summed E-state index contributed by atoms with van der Waals surface area (Å²) in [5.41, 5.74) is 0.166. The standard InChI is InChI=1S/C13H15FN2O4S/c14-12-9-10(3-1-2-7-17)4-5-11(12)13(18)16-6-8-21(15,19)20/h4-5,9,17H,2,6-8H2,(H,16,18)(H2,15,19,20). The fraction of sp³-hybridized carbons (Fsp3) is 0.308. The average Bonchev–Trinajstić information content (AvgIpc) is 2.37. The molecule has 0 radical (unpaired) electrons. The molecule has 0 heterocycles. The van der Waals surface area contributed by atoms with Crippen molar-refractivity contribution in [2.45, 2.75) is 6.42 Å². The molecule has 0 bridgehead atoms. The number of nitrogens with one attached hydrogen (secondary N) is 1. The molecular formula is C13H15FN2O4S. The lowest BCUT2D eigenvalue weighted by Gasteiger charge is -2.05. The first-order valence-electron chi connectivity index (χ1n) is 6.01. The van der Waals surface area contributed by atoms with Crippen molar-refractivity contribution in [1.82, 2.24) is 5.32 Å². The number of hydrogen-bond acceptors (Lipinski definition) is 4. The summed E-state index contributed by atoms with van der Waals surface area (Å²) >= 11 is 0. The van der Waals surface area contributed by atoms with E-state index in [2.05, 4.69) is 17.2 Å². The third kappa shape index (κ3) is 6.35. The Morgan fingerprint density at radius 2 is 2.14 bits per heavy atom. The molecule has 6 nitrogen and oxygen atoms in total. The normalized spacial score (nSPS) is 10.6. The summed E-state index contributed by atoms with van der Waals surface area (Å²) in [6, 6.07) is 3.81. The van der Waals surface area contributed by atoms with Crippen LogP contribution in [-0.2, 0) is 10.0 Å². The van der Waals surface area contributed by atoms with Crippen molar-refractivity contribution in [2.75, 3.05) is 18.9 Å². The number of sulfonamides is 1. The van der Waals surface area contributed by atoms with E-state index in [1.165, 1.54) is 12.1 Å². The van der Waals surface area contributed by atoms with E-state index in [4.69, 9.17) is 10.2 Å². The molecule has 0 saturated carbocycles. The number of rotatable bonds is 5. The Morgan fingerprint density at radius 1 is 1.43 bits per heavy atom. The van der Waals surface area contributed by atoms with Gasteiger partial charge in [0.05, 0.1) is 17.9 Å². The van der Waals surface area contributed by atoms with Crippen molar-refractivity contribution in [3.8, 4) is 11.8 Å². The minimum absolute atomic E-state index is 0.0833. The molecule has 0 saturated heterocycles. The molecule has 114 valence electrons. The van der Waals surface area contributed by atoms with E-state index >= 15 is 0 Å². The summed E-state index contributed by atoms with van der Waals surface area (Å²) in [6.45, 7) is -0.283. The summed E-state index contributed by atoms with van der Waals surface area (Å²) in [5, 5.41) is 15.6. The lowest BCUT2D eigenvalue weighted by Crippen LogP contribution is -2.31. The summed E-state index contributed by atoms with van der Waals surface area (Å²) in [5.74, 6) is 3.35. The molecule has 1 aromatic carbocycles. The molecule has 0 aliphatic rings. The molecule has 0 aliphatic heterocycles. The Labute approximate surface area is 122 Å². The van der Waals surface area contributed by atoms with Crippen molar-refractivity contribution < 1.29 is 22.7 Å². The number of primary sulfonamides is 1. The smallest absolute Gasteiger partial charge is 0.254 e. The number of benzene rings is 1. The van der Waals surface area contributed by atoms with Gasteiger partial charge in [0.1, 0.15) is 5.82 Å². The van der Waals surface area contributed by atoms with Crippen molar-refractivity contribution in [3.63, 3.8) is 0 Å². The van der Waals surface area contributed by atoms with Gasteiger partial charge in [-0.3, -0.25) is 4.79 Å². The van der Waals surface area contributed by atoms with Gasteiger partial charge in [-0.1, -0.05) is 11.8 Å². The van der Waals surface area contributed by atoms with Crippen molar-refractivity contribution >= 4 is 15.9 Å². The summed E-state index contributed by atoms with van der Waals surface area (Å²) in [6.07, 6.45) is 0.275. The van der Waals surface area contributed by atoms with Gasteiger partial charge in [0, 0.05) is 18.5 Å². The Balaban J connectivity index is 2.72. The monoisotopic (exact) mass is 314 g/mol. The van der Waals surface area contributed by atoms with Crippen molar-refractivity contribution in [2.24, 2.45) is 5.14 Å². The molecule has 0 spiro atoms. The number of carbonyl (C=O) groups is 1. The molecule has 4 N–H and O–H groups in total. The second-order valence-corrected chi connectivity index (χ2v) is 5.83. The molecule has 1 aromatic rings. The van der Waals surface area contributed by atoms with E-state index in [0.29, 0.717) is 5.56 Å². The highest BCUT2D eigenvalue weighted by Gasteiger charge is 2.12. The van der Waals surface area contributed by atoms with Gasteiger partial charge in [-0.15, -0.1) is 0 Å². The van der Waals surface area contributed by atoms with Crippen LogP contribution in [0.1, 0.15) is 22.3 Å². The van der Waals surface area contributed by atoms with Crippen molar-refractivity contribution in [3.05, 3.63) is 35.1 Å². The topological polar surface area (TPSA) is 109 Å². The van der Waals surface area contributed by atoms with Gasteiger partial charge in [-0.05, 0) is 18.2 Å². The molecule has 8 heteroatoms. The SMILES string of the molecule is NS(=O)(=O)CCNC(=O)c1ccc(C#CCCO)cc1F. The minimum Gasteiger partial charge on any atom is -0.395 e. The zero-order valence-electron chi connectivity index (χ0n) is 11.1. The largest absolute Gasteiger partial charge is 0.395 e. The zero-order chi connectivity index (χ0) is 15.9. The van der Waals surface area contributed by atoms with Crippen LogP contribution >= 0.6 is 0 Å². The fourth-order valence-electron chi connectivity index (χ4n) is 1.40. The lowest BCUT2D eigenvalue weighted by atomic mass is 10.1. The molecule has 0 atom stereocenters. The maximum absolute atomic E-state index is 13.8. The number of hydrogen-bond donors (Lipinski definition) is 3. The second kappa shape index (κ2) is 7.73. The third-order valence-corrected chi connectivity index (χ3v) is 3.13. The maximum Gasteiger partial charge on any atom is 0.254 e. The number of carbonyl (C=O) groups excluding carboxylic acids is 1. The van der Waals surface area contributed by atoms with E-state index < -0.39 is 27.5 Å². The molecule has 21 heavy (non-hydrogen) atoms. The van der Waals surface area contributed by atoms with E-state index in [-0.39, 0.29) is 25.1 Å². The Bertz CT molecular complexity index is 677. The number of nitrogens with two attached hydrogens (primary N) is 1. The van der Waals surface area contributed by atoms with Gasteiger partial charge in [-0.25, -0.2) is 17.9 Å². The molecule has 0 aromatic heterocycles. The zero-order valence-corrected chi connectivity index (χ0v) is 11.9. The molecule has 0 fully saturated rings. The van der Waals surface area contributed by atoms with Gasteiger partial charge in [0.15, 0.2) is 0 Å². The van der Waals surface area contributed by atoms with Crippen LogP contribution in [0, 0.1) is 17.7 Å². The van der Waals surface area contributed by atoms with Crippen LogP contribution in [0.5, 0.6) is 0 Å². The predicted molar refractivity (Wildman–Crippen MR) is 75.3 cm³/mol. The van der Waals surface area contributed by atoms with Crippen molar-refractivity contribution in [1.29, 1.82) is 0 Å². The highest BCUT2D eigenvalue weighted by Crippen LogP contribution is 2.09. The maximum atomic E-state index is 13.8. The third-order valence-electron chi connectivity index (χ3n) is 2.36. The van der Waals surface area contributed by atoms with Gasteiger partial charge in [0.25, 0.3) is 5.91 Å². The van der Waals surface area contributed by atoms with Crippen LogP contribution in [0.4, 0.5) is 4.39 Å².